The van der Waals surface area contributed by atoms with Gasteiger partial charge < -0.3 is 14.8 Å². The number of benzene rings is 2. The van der Waals surface area contributed by atoms with Crippen molar-refractivity contribution in [1.29, 1.82) is 0 Å². The van der Waals surface area contributed by atoms with Gasteiger partial charge in [0.2, 0.25) is 11.1 Å². The van der Waals surface area contributed by atoms with E-state index in [4.69, 9.17) is 19.6 Å². The van der Waals surface area contributed by atoms with Gasteiger partial charge in [-0.15, -0.1) is 5.10 Å². The molecule has 0 saturated heterocycles. The van der Waals surface area contributed by atoms with Gasteiger partial charge in [-0.25, -0.2) is 9.48 Å². The van der Waals surface area contributed by atoms with Gasteiger partial charge in [0.1, 0.15) is 11.8 Å². The molecule has 2 aromatic carbocycles. The summed E-state index contributed by atoms with van der Waals surface area (Å²) in [5.41, 5.74) is 3.35. The molecule has 7 nitrogen and oxygen atoms in total. The number of ether oxygens (including phenoxy) is 2. The number of esters is 1. The van der Waals surface area contributed by atoms with Crippen LogP contribution in [-0.4, -0.2) is 33.9 Å². The second-order valence-corrected chi connectivity index (χ2v) is 9.77. The average Bonchev–Trinajstić information content (AvgIpc) is 3.25. The number of hydrogen-bond donors (Lipinski definition) is 1. The van der Waals surface area contributed by atoms with Gasteiger partial charge in [0.25, 0.3) is 0 Å². The zero-order valence-electron chi connectivity index (χ0n) is 20.7. The Labute approximate surface area is 210 Å². The summed E-state index contributed by atoms with van der Waals surface area (Å²) in [4.78, 5) is 17.7. The third-order valence-electron chi connectivity index (χ3n) is 5.70. The molecule has 3 aromatic rings. The maximum Gasteiger partial charge on any atom is 0.338 e. The summed E-state index contributed by atoms with van der Waals surface area (Å²) in [6.07, 6.45) is 0.997. The minimum absolute atomic E-state index is 0.299. The quantitative estimate of drug-likeness (QED) is 0.281. The Kier molecular flexibility index (Phi) is 8.13. The fourth-order valence-electron chi connectivity index (χ4n) is 3.85. The predicted octanol–water partition coefficient (Wildman–Crippen LogP) is 5.85. The maximum absolute atomic E-state index is 13.0. The molecular formula is C27H32N4O3S. The van der Waals surface area contributed by atoms with E-state index in [-0.39, 0.29) is 5.97 Å². The third kappa shape index (κ3) is 6.06. The summed E-state index contributed by atoms with van der Waals surface area (Å²) in [6.45, 7) is 9.01. The molecular weight excluding hydrogens is 460 g/mol. The van der Waals surface area contributed by atoms with E-state index in [9.17, 15) is 4.79 Å². The Balaban J connectivity index is 1.62. The number of rotatable bonds is 10. The highest BCUT2D eigenvalue weighted by atomic mass is 32.2. The first-order valence-corrected chi connectivity index (χ1v) is 13.0. The normalized spacial score (nSPS) is 15.1. The highest BCUT2D eigenvalue weighted by Crippen LogP contribution is 2.37. The van der Waals surface area contributed by atoms with Gasteiger partial charge in [-0.3, -0.25) is 0 Å². The lowest BCUT2D eigenvalue weighted by Gasteiger charge is -2.28. The number of allylic oxidation sites excluding steroid dienone is 1. The molecule has 2 heterocycles. The van der Waals surface area contributed by atoms with Crippen molar-refractivity contribution in [3.8, 4) is 5.75 Å². The fraction of sp³-hybridized carbons (Fsp3) is 0.370. The zero-order valence-corrected chi connectivity index (χ0v) is 21.5. The number of anilines is 1. The summed E-state index contributed by atoms with van der Waals surface area (Å²) < 4.78 is 13.1. The van der Waals surface area contributed by atoms with Gasteiger partial charge in [-0.1, -0.05) is 68.1 Å². The van der Waals surface area contributed by atoms with Crippen LogP contribution in [0.4, 0.5) is 5.95 Å². The Morgan fingerprint density at radius 3 is 2.57 bits per heavy atom. The lowest BCUT2D eigenvalue weighted by atomic mass is 9.96. The first kappa shape index (κ1) is 24.9. The van der Waals surface area contributed by atoms with Crippen LogP contribution in [0.1, 0.15) is 51.3 Å². The summed E-state index contributed by atoms with van der Waals surface area (Å²) >= 11 is 1.56. The molecule has 0 amide bonds. The van der Waals surface area contributed by atoms with Gasteiger partial charge in [0.05, 0.1) is 18.8 Å². The van der Waals surface area contributed by atoms with E-state index >= 15 is 0 Å². The molecule has 1 unspecified atom stereocenters. The first-order valence-electron chi connectivity index (χ1n) is 12.0. The molecule has 4 rings (SSSR count). The lowest BCUT2D eigenvalue weighted by Crippen LogP contribution is -2.29. The van der Waals surface area contributed by atoms with E-state index in [1.165, 1.54) is 5.56 Å². The minimum atomic E-state index is -0.450. The van der Waals surface area contributed by atoms with Crippen molar-refractivity contribution in [2.75, 3.05) is 18.5 Å². The molecule has 1 aliphatic rings. The zero-order chi connectivity index (χ0) is 24.8. The van der Waals surface area contributed by atoms with E-state index in [2.05, 4.69) is 31.3 Å². The topological polar surface area (TPSA) is 78.3 Å². The largest absolute Gasteiger partial charge is 0.494 e. The van der Waals surface area contributed by atoms with E-state index in [1.54, 1.807) is 16.4 Å². The van der Waals surface area contributed by atoms with Crippen LogP contribution in [0.5, 0.6) is 5.75 Å². The molecule has 1 aliphatic heterocycles. The third-order valence-corrected chi connectivity index (χ3v) is 6.61. The summed E-state index contributed by atoms with van der Waals surface area (Å²) in [5, 5.41) is 8.67. The van der Waals surface area contributed by atoms with Gasteiger partial charge in [0.15, 0.2) is 0 Å². The number of nitrogens with one attached hydrogen (secondary N) is 1. The fourth-order valence-corrected chi connectivity index (χ4v) is 4.64. The molecule has 1 aromatic heterocycles. The van der Waals surface area contributed by atoms with E-state index < -0.39 is 6.04 Å². The van der Waals surface area contributed by atoms with Crippen LogP contribution in [0, 0.1) is 5.92 Å². The van der Waals surface area contributed by atoms with Gasteiger partial charge in [-0.2, -0.15) is 4.98 Å². The molecule has 0 bridgehead atoms. The Morgan fingerprint density at radius 1 is 1.14 bits per heavy atom. The number of fused-ring (bicyclic) bond motifs is 1. The first-order chi connectivity index (χ1) is 17.0. The van der Waals surface area contributed by atoms with Crippen molar-refractivity contribution < 1.29 is 14.3 Å². The second-order valence-electron chi connectivity index (χ2n) is 8.82. The van der Waals surface area contributed by atoms with Gasteiger partial charge >= 0.3 is 5.97 Å². The number of carbonyl (C=O) groups excluding carboxylic acids is 1. The van der Waals surface area contributed by atoms with Gasteiger partial charge in [-0.05, 0) is 49.4 Å². The van der Waals surface area contributed by atoms with Crippen LogP contribution in [0.25, 0.3) is 0 Å². The molecule has 0 aliphatic carbocycles. The standard InChI is InChI=1S/C27H32N4O3S/c1-5-33-25(32)23-19(4)28-26-29-27(35-17-20-9-7-6-8-10-20)30-31(26)24(23)21-11-13-22(14-12-21)34-16-15-18(2)3/h6-14,18,24H,5,15-17H2,1-4H3,(H,28,29,30). The lowest BCUT2D eigenvalue weighted by molar-refractivity contribution is -0.139. The van der Waals surface area contributed by atoms with Crippen molar-refractivity contribution in [1.82, 2.24) is 14.8 Å². The summed E-state index contributed by atoms with van der Waals surface area (Å²) in [7, 11) is 0. The Bertz CT molecular complexity index is 1170. The molecule has 0 spiro atoms. The van der Waals surface area contributed by atoms with Crippen LogP contribution < -0.4 is 10.1 Å². The monoisotopic (exact) mass is 492 g/mol. The highest BCUT2D eigenvalue weighted by molar-refractivity contribution is 7.98. The van der Waals surface area contributed by atoms with Crippen LogP contribution in [0.3, 0.4) is 0 Å². The summed E-state index contributed by atoms with van der Waals surface area (Å²) in [6, 6.07) is 17.6. The molecule has 184 valence electrons. The van der Waals surface area contributed by atoms with Crippen molar-refractivity contribution >= 4 is 23.7 Å². The number of nitrogens with zero attached hydrogens (tertiary/aromatic N) is 3. The second kappa shape index (κ2) is 11.4. The minimum Gasteiger partial charge on any atom is -0.494 e. The molecule has 1 atom stereocenters. The molecule has 1 N–H and O–H groups in total. The number of hydrogen-bond acceptors (Lipinski definition) is 7. The summed E-state index contributed by atoms with van der Waals surface area (Å²) in [5.74, 6) is 2.39. The highest BCUT2D eigenvalue weighted by Gasteiger charge is 2.35. The predicted molar refractivity (Wildman–Crippen MR) is 139 cm³/mol. The van der Waals surface area contributed by atoms with Crippen LogP contribution in [-0.2, 0) is 15.3 Å². The number of aromatic nitrogens is 3. The molecule has 0 fully saturated rings. The van der Waals surface area contributed by atoms with E-state index in [0.29, 0.717) is 41.5 Å². The van der Waals surface area contributed by atoms with Crippen LogP contribution >= 0.6 is 11.8 Å². The van der Waals surface area contributed by atoms with Crippen LogP contribution in [0.15, 0.2) is 71.0 Å². The molecule has 8 heteroatoms. The van der Waals surface area contributed by atoms with Crippen LogP contribution in [0.2, 0.25) is 0 Å². The van der Waals surface area contributed by atoms with E-state index in [0.717, 1.165) is 23.5 Å². The number of carbonyl (C=O) groups is 1. The van der Waals surface area contributed by atoms with Crippen molar-refractivity contribution in [2.24, 2.45) is 5.92 Å². The number of thioether (sulfide) groups is 1. The molecule has 0 saturated carbocycles. The Morgan fingerprint density at radius 2 is 1.89 bits per heavy atom. The van der Waals surface area contributed by atoms with E-state index in [1.807, 2.05) is 56.3 Å². The maximum atomic E-state index is 13.0. The molecule has 35 heavy (non-hydrogen) atoms. The molecule has 0 radical (unpaired) electrons. The van der Waals surface area contributed by atoms with Crippen molar-refractivity contribution in [3.63, 3.8) is 0 Å². The van der Waals surface area contributed by atoms with Gasteiger partial charge in [0, 0.05) is 11.4 Å². The SMILES string of the molecule is CCOC(=O)C1=C(C)Nc2nc(SCc3ccccc3)nn2C1c1ccc(OCCC(C)C)cc1. The van der Waals surface area contributed by atoms with Crippen molar-refractivity contribution in [2.45, 2.75) is 51.1 Å². The Hall–Kier alpha value is -3.26. The average molecular weight is 493 g/mol. The van der Waals surface area contributed by atoms with Crippen molar-refractivity contribution in [3.05, 3.63) is 77.0 Å². The smallest absolute Gasteiger partial charge is 0.338 e.